The maximum atomic E-state index is 15.0. The Labute approximate surface area is 399 Å². The Kier molecular flexibility index (Phi) is 17.5. The van der Waals surface area contributed by atoms with Gasteiger partial charge in [-0.3, -0.25) is 14.4 Å². The Bertz CT molecular complexity index is 2570. The molecule has 2 unspecified atom stereocenters. The lowest BCUT2D eigenvalue weighted by atomic mass is 9.85. The third-order valence-corrected chi connectivity index (χ3v) is 12.4. The minimum absolute atomic E-state index is 0.00522. The molecule has 0 spiro atoms. The van der Waals surface area contributed by atoms with Gasteiger partial charge in [-0.1, -0.05) is 45.0 Å². The minimum atomic E-state index is -1.00. The lowest BCUT2D eigenvalue weighted by Gasteiger charge is -2.35. The number of thiazole rings is 1. The number of halogens is 1. The van der Waals surface area contributed by atoms with Crippen LogP contribution in [-0.4, -0.2) is 132 Å². The molecule has 68 heavy (non-hydrogen) atoms. The van der Waals surface area contributed by atoms with E-state index in [1.54, 1.807) is 43.1 Å². The summed E-state index contributed by atoms with van der Waals surface area (Å²) < 4.78 is 31.5. The highest BCUT2D eigenvalue weighted by molar-refractivity contribution is 7.13. The monoisotopic (exact) mass is 956 g/mol. The van der Waals surface area contributed by atoms with Crippen LogP contribution >= 0.6 is 11.3 Å². The molecule has 4 atom stereocenters. The van der Waals surface area contributed by atoms with Crippen LogP contribution in [0.4, 0.5) is 20.8 Å². The van der Waals surface area contributed by atoms with E-state index >= 15 is 0 Å². The van der Waals surface area contributed by atoms with Gasteiger partial charge in [-0.15, -0.1) is 11.3 Å². The van der Waals surface area contributed by atoms with Crippen molar-refractivity contribution in [2.75, 3.05) is 70.4 Å². The molecule has 0 saturated carbocycles. The number of aryl methyl sites for hydroxylation is 3. The number of amides is 5. The highest BCUT2D eigenvalue weighted by Crippen LogP contribution is 2.33. The number of aliphatic hydroxyl groups is 1. The number of pyridine rings is 1. The number of aromatic nitrogens is 4. The van der Waals surface area contributed by atoms with E-state index in [1.165, 1.54) is 11.0 Å². The molecule has 3 aromatic heterocycles. The van der Waals surface area contributed by atoms with Gasteiger partial charge in [-0.25, -0.2) is 24.1 Å². The van der Waals surface area contributed by atoms with E-state index in [9.17, 15) is 28.7 Å². The number of likely N-dealkylation sites (tertiary alicyclic amines) is 1. The quantitative estimate of drug-likeness (QED) is 0.0533. The molecule has 20 heteroatoms. The number of nitrogens with zero attached hydrogens (tertiary/aromatic N) is 5. The van der Waals surface area contributed by atoms with Crippen LogP contribution in [0.2, 0.25) is 0 Å². The van der Waals surface area contributed by atoms with E-state index in [0.29, 0.717) is 33.8 Å². The summed E-state index contributed by atoms with van der Waals surface area (Å²) in [4.78, 5) is 73.3. The summed E-state index contributed by atoms with van der Waals surface area (Å²) in [6, 6.07) is 9.80. The molecule has 5 amide bonds. The first-order valence-corrected chi connectivity index (χ1v) is 23.3. The van der Waals surface area contributed by atoms with Crippen molar-refractivity contribution in [3.8, 4) is 21.6 Å². The normalized spacial score (nSPS) is 15.8. The molecule has 0 bridgehead atoms. The van der Waals surface area contributed by atoms with Crippen LogP contribution < -0.4 is 26.6 Å². The summed E-state index contributed by atoms with van der Waals surface area (Å²) in [5.41, 5.74) is 7.29. The van der Waals surface area contributed by atoms with Crippen LogP contribution in [0.15, 0.2) is 54.2 Å². The number of ether oxygens (including phenoxy) is 3. The number of hydrogen-bond acceptors (Lipinski definition) is 14. The third-order valence-electron chi connectivity index (χ3n) is 11.4. The number of β-amino-alcohol motifs (C(OH)–C–C–N with tert-alkyl or cyclic N) is 1. The highest BCUT2D eigenvalue weighted by Gasteiger charge is 2.44. The number of urea groups is 1. The first kappa shape index (κ1) is 51.2. The molecule has 364 valence electrons. The molecule has 1 aliphatic heterocycles. The zero-order valence-corrected chi connectivity index (χ0v) is 40.5. The maximum Gasteiger partial charge on any atom is 0.319 e. The molecule has 0 radical (unpaired) electrons. The summed E-state index contributed by atoms with van der Waals surface area (Å²) in [5.74, 6) is -1.52. The number of carbonyl (C=O) groups excluding carboxylic acids is 4. The van der Waals surface area contributed by atoms with Crippen LogP contribution in [0, 0.1) is 32.0 Å². The van der Waals surface area contributed by atoms with Gasteiger partial charge in [0.2, 0.25) is 23.7 Å². The molecular formula is C48H61FN10O8S. The van der Waals surface area contributed by atoms with Gasteiger partial charge in [0.25, 0.3) is 0 Å². The fraction of sp³-hybridized carbons (Fsp3) is 0.458. The van der Waals surface area contributed by atoms with Crippen molar-refractivity contribution in [3.63, 3.8) is 0 Å². The lowest BCUT2D eigenvalue weighted by molar-refractivity contribution is -0.144. The average molecular weight is 957 g/mol. The Balaban J connectivity index is 0.869. The van der Waals surface area contributed by atoms with Crippen molar-refractivity contribution in [2.24, 2.45) is 5.41 Å². The number of benzene rings is 2. The topological polar surface area (TPSA) is 231 Å². The largest absolute Gasteiger partial charge is 0.391 e. The molecule has 6 rings (SSSR count). The number of rotatable bonds is 20. The SMILES string of the molecule is CNc1ncc2cc(-c3cc(NC(=O)NCCOCCOCCOCC(=O)NC(C(=O)N4C[C@H](O)C[C@H]4C(=O)NC(C)c4ccc(-c5scnc5C)cc4)C(C)(C)C)c(F)cc3C)c(C)nc2n1. The van der Waals surface area contributed by atoms with Crippen LogP contribution in [0.5, 0.6) is 0 Å². The zero-order chi connectivity index (χ0) is 49.1. The van der Waals surface area contributed by atoms with Gasteiger partial charge < -0.3 is 50.8 Å². The van der Waals surface area contributed by atoms with Crippen LogP contribution in [0.25, 0.3) is 32.6 Å². The molecule has 6 N–H and O–H groups in total. The second-order valence-corrected chi connectivity index (χ2v) is 18.5. The van der Waals surface area contributed by atoms with Gasteiger partial charge >= 0.3 is 6.03 Å². The van der Waals surface area contributed by atoms with Crippen LogP contribution in [-0.2, 0) is 28.6 Å². The van der Waals surface area contributed by atoms with Crippen molar-refractivity contribution in [3.05, 3.63) is 82.5 Å². The van der Waals surface area contributed by atoms with Crippen molar-refractivity contribution >= 4 is 57.8 Å². The van der Waals surface area contributed by atoms with Gasteiger partial charge in [0.05, 0.1) is 66.9 Å². The minimum Gasteiger partial charge on any atom is -0.391 e. The van der Waals surface area contributed by atoms with E-state index in [2.05, 4.69) is 46.5 Å². The summed E-state index contributed by atoms with van der Waals surface area (Å²) in [6.45, 7) is 13.5. The molecule has 1 saturated heterocycles. The Morgan fingerprint density at radius 3 is 2.29 bits per heavy atom. The van der Waals surface area contributed by atoms with E-state index < -0.39 is 53.2 Å². The maximum absolute atomic E-state index is 15.0. The number of hydrogen-bond donors (Lipinski definition) is 6. The van der Waals surface area contributed by atoms with E-state index in [0.717, 1.165) is 27.3 Å². The predicted molar refractivity (Wildman–Crippen MR) is 258 cm³/mol. The van der Waals surface area contributed by atoms with E-state index in [1.807, 2.05) is 71.9 Å². The third kappa shape index (κ3) is 13.3. The molecule has 18 nitrogen and oxygen atoms in total. The molecule has 5 aromatic rings. The van der Waals surface area contributed by atoms with Gasteiger partial charge in [0.15, 0.2) is 5.65 Å². The van der Waals surface area contributed by atoms with E-state index in [4.69, 9.17) is 14.2 Å². The highest BCUT2D eigenvalue weighted by atomic mass is 32.1. The Morgan fingerprint density at radius 2 is 1.62 bits per heavy atom. The summed E-state index contributed by atoms with van der Waals surface area (Å²) in [6.07, 6.45) is 0.833. The number of carbonyl (C=O) groups is 4. The van der Waals surface area contributed by atoms with Crippen LogP contribution in [0.1, 0.15) is 62.7 Å². The van der Waals surface area contributed by atoms with E-state index in [-0.39, 0.29) is 70.9 Å². The van der Waals surface area contributed by atoms with Crippen LogP contribution in [0.3, 0.4) is 0 Å². The Hall–Kier alpha value is -6.19. The van der Waals surface area contributed by atoms with Gasteiger partial charge in [-0.2, -0.15) is 4.98 Å². The fourth-order valence-electron chi connectivity index (χ4n) is 7.73. The van der Waals surface area contributed by atoms with Crippen molar-refractivity contribution in [1.29, 1.82) is 0 Å². The molecular weight excluding hydrogens is 896 g/mol. The van der Waals surface area contributed by atoms with Crippen molar-refractivity contribution in [1.82, 2.24) is 40.8 Å². The Morgan fingerprint density at radius 1 is 0.912 bits per heavy atom. The number of fused-ring (bicyclic) bond motifs is 1. The molecule has 4 heterocycles. The summed E-state index contributed by atoms with van der Waals surface area (Å²) in [5, 5.41) is 25.2. The predicted octanol–water partition coefficient (Wildman–Crippen LogP) is 5.46. The number of anilines is 2. The first-order valence-electron chi connectivity index (χ1n) is 22.4. The van der Waals surface area contributed by atoms with Crippen molar-refractivity contribution < 1.29 is 42.9 Å². The standard InChI is InChI=1S/C48H61FN10O8S/c1-27-19-37(49)38(22-35(27)36-20-33-23-52-46(50-8)58-43(33)54-29(36)3)56-47(64)51-13-14-65-15-16-66-17-18-67-25-40(61)57-42(48(5,6)7)45(63)59-24-34(60)21-39(59)44(62)55-28(2)31-9-11-32(12-10-31)41-30(4)53-26-68-41/h9-12,19-20,22-23,26,28,34,39,42,60H,13-18,21,24-25H2,1-8H3,(H,55,62)(H,57,61)(H2,51,56,64)(H,50,52,54,58)/t28?,34-,39+,42?/m1/s1. The molecule has 1 aliphatic rings. The van der Waals surface area contributed by atoms with Gasteiger partial charge in [0, 0.05) is 49.4 Å². The first-order chi connectivity index (χ1) is 32.4. The van der Waals surface area contributed by atoms with Gasteiger partial charge in [-0.05, 0) is 73.6 Å². The second kappa shape index (κ2) is 23.2. The average Bonchev–Trinajstić information content (AvgIpc) is 3.92. The van der Waals surface area contributed by atoms with Crippen molar-refractivity contribution in [2.45, 2.75) is 79.1 Å². The summed E-state index contributed by atoms with van der Waals surface area (Å²) >= 11 is 1.56. The second-order valence-electron chi connectivity index (χ2n) is 17.7. The zero-order valence-electron chi connectivity index (χ0n) is 39.7. The molecule has 1 fully saturated rings. The number of aliphatic hydroxyl groups excluding tert-OH is 1. The fourth-order valence-corrected chi connectivity index (χ4v) is 8.54. The molecule has 2 aromatic carbocycles. The number of nitrogens with one attached hydrogen (secondary N) is 5. The lowest BCUT2D eigenvalue weighted by Crippen LogP contribution is -2.58. The smallest absolute Gasteiger partial charge is 0.319 e. The molecule has 0 aliphatic carbocycles. The summed E-state index contributed by atoms with van der Waals surface area (Å²) in [7, 11) is 1.72. The van der Waals surface area contributed by atoms with Gasteiger partial charge in [0.1, 0.15) is 24.5 Å².